The van der Waals surface area contributed by atoms with Crippen LogP contribution in [0.3, 0.4) is 0 Å². The number of nitrogens with zero attached hydrogens (tertiary/aromatic N) is 1. The zero-order chi connectivity index (χ0) is 12.6. The zero-order valence-corrected chi connectivity index (χ0v) is 11.5. The molecular formula is C16H23NO. The van der Waals surface area contributed by atoms with Crippen LogP contribution in [-0.2, 0) is 11.8 Å². The van der Waals surface area contributed by atoms with E-state index < -0.39 is 0 Å². The summed E-state index contributed by atoms with van der Waals surface area (Å²) in [5.41, 5.74) is 3.61. The van der Waals surface area contributed by atoms with Gasteiger partial charge in [-0.3, -0.25) is 0 Å². The van der Waals surface area contributed by atoms with E-state index in [1.807, 2.05) is 0 Å². The van der Waals surface area contributed by atoms with Gasteiger partial charge in [0, 0.05) is 0 Å². The van der Waals surface area contributed by atoms with Crippen LogP contribution >= 0.6 is 0 Å². The Morgan fingerprint density at radius 2 is 1.94 bits per heavy atom. The van der Waals surface area contributed by atoms with Crippen molar-refractivity contribution in [1.29, 1.82) is 0 Å². The highest BCUT2D eigenvalue weighted by molar-refractivity contribution is 5.42. The molecule has 2 nitrogen and oxygen atoms in total. The highest BCUT2D eigenvalue weighted by Gasteiger charge is 2.38. The number of hydrogen-bond donors (Lipinski definition) is 0. The minimum absolute atomic E-state index is 0.465. The third-order valence-electron chi connectivity index (χ3n) is 4.93. The Kier molecular flexibility index (Phi) is 3.06. The summed E-state index contributed by atoms with van der Waals surface area (Å²) in [5, 5.41) is 0. The van der Waals surface area contributed by atoms with Gasteiger partial charge in [-0.1, -0.05) is 6.07 Å². The van der Waals surface area contributed by atoms with Crippen molar-refractivity contribution in [3.8, 4) is 5.75 Å². The number of hydrogen-bond acceptors (Lipinski definition) is 2. The maximum Gasteiger partial charge on any atom is 0.119 e. The third kappa shape index (κ3) is 1.93. The zero-order valence-electron chi connectivity index (χ0n) is 11.5. The molecule has 18 heavy (non-hydrogen) atoms. The molecule has 1 aromatic rings. The molecule has 0 amide bonds. The molecule has 2 heteroatoms. The predicted molar refractivity (Wildman–Crippen MR) is 74.3 cm³/mol. The van der Waals surface area contributed by atoms with Crippen LogP contribution in [0.1, 0.15) is 36.8 Å². The molecule has 1 heterocycles. The number of piperidine rings is 1. The molecule has 1 aliphatic heterocycles. The van der Waals surface area contributed by atoms with Gasteiger partial charge in [-0.15, -0.1) is 0 Å². The second kappa shape index (κ2) is 4.58. The predicted octanol–water partition coefficient (Wildman–Crippen LogP) is 2.99. The molecule has 98 valence electrons. The minimum Gasteiger partial charge on any atom is -0.497 e. The summed E-state index contributed by atoms with van der Waals surface area (Å²) in [6.07, 6.45) is 6.58. The van der Waals surface area contributed by atoms with Crippen LogP contribution in [0.15, 0.2) is 18.2 Å². The smallest absolute Gasteiger partial charge is 0.119 e. The normalized spacial score (nSPS) is 22.8. The van der Waals surface area contributed by atoms with Crippen LogP contribution in [-0.4, -0.2) is 32.1 Å². The number of rotatable bonds is 1. The summed E-state index contributed by atoms with van der Waals surface area (Å²) in [4.78, 5) is 2.46. The van der Waals surface area contributed by atoms with Crippen molar-refractivity contribution in [3.63, 3.8) is 0 Å². The van der Waals surface area contributed by atoms with Gasteiger partial charge in [0.1, 0.15) is 5.75 Å². The van der Waals surface area contributed by atoms with E-state index in [-0.39, 0.29) is 0 Å². The Bertz CT molecular complexity index is 433. The van der Waals surface area contributed by atoms with Crippen molar-refractivity contribution in [2.45, 2.75) is 37.5 Å². The van der Waals surface area contributed by atoms with Gasteiger partial charge in [0.15, 0.2) is 0 Å². The van der Waals surface area contributed by atoms with Gasteiger partial charge >= 0.3 is 0 Å². The molecular weight excluding hydrogens is 222 g/mol. The molecule has 1 fully saturated rings. The maximum absolute atomic E-state index is 5.36. The second-order valence-corrected chi connectivity index (χ2v) is 5.96. The first-order valence-corrected chi connectivity index (χ1v) is 7.09. The van der Waals surface area contributed by atoms with Crippen LogP contribution < -0.4 is 4.74 Å². The summed E-state index contributed by atoms with van der Waals surface area (Å²) in [5.74, 6) is 1.01. The number of benzene rings is 1. The summed E-state index contributed by atoms with van der Waals surface area (Å²) in [7, 11) is 4.00. The van der Waals surface area contributed by atoms with E-state index in [0.717, 1.165) is 5.75 Å². The molecule has 1 aromatic carbocycles. The lowest BCUT2D eigenvalue weighted by Crippen LogP contribution is -2.42. The Morgan fingerprint density at radius 1 is 1.17 bits per heavy atom. The summed E-state index contributed by atoms with van der Waals surface area (Å²) in [6.45, 7) is 2.48. The SMILES string of the molecule is COc1ccc2c(c1)CCCC21CCN(C)CC1. The number of ether oxygens (including phenoxy) is 1. The van der Waals surface area contributed by atoms with Crippen LogP contribution in [0.2, 0.25) is 0 Å². The lowest BCUT2D eigenvalue weighted by atomic mass is 9.65. The van der Waals surface area contributed by atoms with Gasteiger partial charge in [-0.2, -0.15) is 0 Å². The fourth-order valence-corrected chi connectivity index (χ4v) is 3.74. The number of methoxy groups -OCH3 is 1. The van der Waals surface area contributed by atoms with Gasteiger partial charge in [-0.25, -0.2) is 0 Å². The van der Waals surface area contributed by atoms with E-state index in [0.29, 0.717) is 5.41 Å². The van der Waals surface area contributed by atoms with E-state index >= 15 is 0 Å². The summed E-state index contributed by atoms with van der Waals surface area (Å²) < 4.78 is 5.36. The molecule has 0 bridgehead atoms. The van der Waals surface area contributed by atoms with Crippen molar-refractivity contribution in [3.05, 3.63) is 29.3 Å². The maximum atomic E-state index is 5.36. The average molecular weight is 245 g/mol. The molecule has 1 spiro atoms. The van der Waals surface area contributed by atoms with Crippen molar-refractivity contribution in [2.75, 3.05) is 27.2 Å². The Balaban J connectivity index is 1.96. The van der Waals surface area contributed by atoms with E-state index in [4.69, 9.17) is 4.74 Å². The van der Waals surface area contributed by atoms with Gasteiger partial charge < -0.3 is 9.64 Å². The van der Waals surface area contributed by atoms with Crippen molar-refractivity contribution >= 4 is 0 Å². The van der Waals surface area contributed by atoms with E-state index in [9.17, 15) is 0 Å². The molecule has 3 rings (SSSR count). The van der Waals surface area contributed by atoms with E-state index in [1.54, 1.807) is 12.7 Å². The second-order valence-electron chi connectivity index (χ2n) is 5.96. The number of likely N-dealkylation sites (tertiary alicyclic amines) is 1. The molecule has 0 radical (unpaired) electrons. The standard InChI is InChI=1S/C16H23NO/c1-17-10-8-16(9-11-17)7-3-4-13-12-14(18-2)5-6-15(13)16/h5-6,12H,3-4,7-11H2,1-2H3. The number of aryl methyl sites for hydroxylation is 1. The van der Waals surface area contributed by atoms with Crippen LogP contribution in [0.4, 0.5) is 0 Å². The minimum atomic E-state index is 0.465. The topological polar surface area (TPSA) is 12.5 Å². The molecule has 1 aliphatic carbocycles. The first kappa shape index (κ1) is 12.0. The van der Waals surface area contributed by atoms with Gasteiger partial charge in [0.05, 0.1) is 7.11 Å². The van der Waals surface area contributed by atoms with Crippen LogP contribution in [0.5, 0.6) is 5.75 Å². The highest BCUT2D eigenvalue weighted by atomic mass is 16.5. The molecule has 0 unspecified atom stereocenters. The Morgan fingerprint density at radius 3 is 2.67 bits per heavy atom. The largest absolute Gasteiger partial charge is 0.497 e. The summed E-state index contributed by atoms with van der Waals surface area (Å²) in [6, 6.07) is 6.73. The first-order chi connectivity index (χ1) is 8.73. The molecule has 0 atom stereocenters. The Labute approximate surface area is 110 Å². The van der Waals surface area contributed by atoms with Crippen LogP contribution in [0, 0.1) is 0 Å². The van der Waals surface area contributed by atoms with E-state index in [2.05, 4.69) is 30.1 Å². The van der Waals surface area contributed by atoms with Crippen molar-refractivity contribution in [1.82, 2.24) is 4.90 Å². The average Bonchev–Trinajstić information content (AvgIpc) is 2.42. The fraction of sp³-hybridized carbons (Fsp3) is 0.625. The first-order valence-electron chi connectivity index (χ1n) is 7.09. The lowest BCUT2D eigenvalue weighted by Gasteiger charge is -2.44. The molecule has 2 aliphatic rings. The van der Waals surface area contributed by atoms with Gasteiger partial charge in [-0.05, 0) is 80.9 Å². The number of fused-ring (bicyclic) bond motifs is 2. The van der Waals surface area contributed by atoms with Crippen LogP contribution in [0.25, 0.3) is 0 Å². The molecule has 0 aromatic heterocycles. The third-order valence-corrected chi connectivity index (χ3v) is 4.93. The fourth-order valence-electron chi connectivity index (χ4n) is 3.74. The monoisotopic (exact) mass is 245 g/mol. The molecule has 0 N–H and O–H groups in total. The highest BCUT2D eigenvalue weighted by Crippen LogP contribution is 2.45. The van der Waals surface area contributed by atoms with E-state index in [1.165, 1.54) is 50.8 Å². The van der Waals surface area contributed by atoms with Crippen molar-refractivity contribution < 1.29 is 4.74 Å². The van der Waals surface area contributed by atoms with Gasteiger partial charge in [0.2, 0.25) is 0 Å². The van der Waals surface area contributed by atoms with Gasteiger partial charge in [0.25, 0.3) is 0 Å². The Hall–Kier alpha value is -1.02. The summed E-state index contributed by atoms with van der Waals surface area (Å²) >= 11 is 0. The lowest BCUT2D eigenvalue weighted by molar-refractivity contribution is 0.169. The molecule has 1 saturated heterocycles. The quantitative estimate of drug-likeness (QED) is 0.754. The molecule has 0 saturated carbocycles. The van der Waals surface area contributed by atoms with Crippen molar-refractivity contribution in [2.24, 2.45) is 0 Å².